The molecule has 21 heavy (non-hydrogen) atoms. The second kappa shape index (κ2) is 5.26. The summed E-state index contributed by atoms with van der Waals surface area (Å²) in [5.41, 5.74) is 3.97. The van der Waals surface area contributed by atoms with Crippen molar-refractivity contribution in [3.63, 3.8) is 0 Å². The van der Waals surface area contributed by atoms with Crippen LogP contribution in [-0.4, -0.2) is 10.3 Å². The van der Waals surface area contributed by atoms with E-state index in [0.29, 0.717) is 0 Å². The predicted octanol–water partition coefficient (Wildman–Crippen LogP) is 4.26. The van der Waals surface area contributed by atoms with Gasteiger partial charge in [0.05, 0.1) is 15.9 Å². The zero-order valence-corrected chi connectivity index (χ0v) is 13.9. The smallest absolute Gasteiger partial charge is 0.211 e. The Kier molecular flexibility index (Phi) is 3.57. The van der Waals surface area contributed by atoms with Gasteiger partial charge in [-0.3, -0.25) is 0 Å². The van der Waals surface area contributed by atoms with Crippen LogP contribution in [0.5, 0.6) is 0 Å². The fraction of sp³-hybridized carbons (Fsp3) is 0.412. The van der Waals surface area contributed by atoms with Crippen molar-refractivity contribution in [2.45, 2.75) is 33.6 Å². The highest BCUT2D eigenvalue weighted by Crippen LogP contribution is 2.33. The van der Waals surface area contributed by atoms with Crippen molar-refractivity contribution in [1.29, 1.82) is 0 Å². The van der Waals surface area contributed by atoms with E-state index in [4.69, 9.17) is 0 Å². The first-order chi connectivity index (χ1) is 9.94. The van der Waals surface area contributed by atoms with Crippen LogP contribution in [0.25, 0.3) is 10.2 Å². The molecule has 0 N–H and O–H groups in total. The Morgan fingerprint density at radius 1 is 1.14 bits per heavy atom. The maximum Gasteiger partial charge on any atom is 0.211 e. The Morgan fingerprint density at radius 3 is 2.62 bits per heavy atom. The molecule has 110 valence electrons. The largest absolute Gasteiger partial charge is 0.318 e. The van der Waals surface area contributed by atoms with E-state index in [0.717, 1.165) is 23.4 Å². The fourth-order valence-corrected chi connectivity index (χ4v) is 4.01. The van der Waals surface area contributed by atoms with Crippen molar-refractivity contribution in [2.75, 3.05) is 0 Å². The molecule has 0 radical (unpaired) electrons. The fourth-order valence-electron chi connectivity index (χ4n) is 3.04. The molecular formula is C17H21N3S. The number of aromatic nitrogens is 1. The van der Waals surface area contributed by atoms with Gasteiger partial charge in [0.15, 0.2) is 0 Å². The van der Waals surface area contributed by atoms with Gasteiger partial charge in [-0.15, -0.1) is 5.10 Å². The van der Waals surface area contributed by atoms with Gasteiger partial charge in [-0.1, -0.05) is 42.9 Å². The molecule has 2 aromatic rings. The van der Waals surface area contributed by atoms with Crippen LogP contribution >= 0.6 is 11.3 Å². The first-order valence-corrected chi connectivity index (χ1v) is 8.09. The highest BCUT2D eigenvalue weighted by atomic mass is 32.1. The van der Waals surface area contributed by atoms with Crippen LogP contribution in [-0.2, 0) is 7.05 Å². The minimum absolute atomic E-state index is 0.287. The summed E-state index contributed by atoms with van der Waals surface area (Å²) in [6.07, 6.45) is 4.31. The maximum absolute atomic E-state index is 4.51. The molecule has 0 spiro atoms. The number of aryl methyl sites for hydroxylation is 1. The van der Waals surface area contributed by atoms with Crippen molar-refractivity contribution in [3.8, 4) is 0 Å². The van der Waals surface area contributed by atoms with Gasteiger partial charge in [-0.05, 0) is 43.4 Å². The molecule has 0 amide bonds. The van der Waals surface area contributed by atoms with Crippen LogP contribution in [0.15, 0.2) is 46.1 Å². The maximum atomic E-state index is 4.51. The molecule has 0 saturated carbocycles. The van der Waals surface area contributed by atoms with E-state index < -0.39 is 0 Å². The number of nitrogens with zero attached hydrogens (tertiary/aromatic N) is 3. The number of benzene rings is 1. The van der Waals surface area contributed by atoms with E-state index >= 15 is 0 Å². The lowest BCUT2D eigenvalue weighted by atomic mass is 9.77. The van der Waals surface area contributed by atoms with Crippen molar-refractivity contribution in [3.05, 3.63) is 40.7 Å². The van der Waals surface area contributed by atoms with Crippen molar-refractivity contribution in [1.82, 2.24) is 4.57 Å². The van der Waals surface area contributed by atoms with Crippen LogP contribution in [0, 0.1) is 5.41 Å². The van der Waals surface area contributed by atoms with Gasteiger partial charge in [0.1, 0.15) is 0 Å². The molecule has 0 unspecified atom stereocenters. The highest BCUT2D eigenvalue weighted by molar-refractivity contribution is 7.16. The van der Waals surface area contributed by atoms with Crippen LogP contribution in [0.1, 0.15) is 33.6 Å². The zero-order chi connectivity index (χ0) is 15.0. The van der Waals surface area contributed by atoms with Gasteiger partial charge < -0.3 is 4.57 Å². The number of fused-ring (bicyclic) bond motifs is 1. The molecule has 0 aliphatic heterocycles. The molecule has 1 aromatic heterocycles. The van der Waals surface area contributed by atoms with Gasteiger partial charge in [-0.25, -0.2) is 0 Å². The van der Waals surface area contributed by atoms with Gasteiger partial charge in [0.2, 0.25) is 4.80 Å². The average molecular weight is 299 g/mol. The van der Waals surface area contributed by atoms with Crippen LogP contribution in [0.4, 0.5) is 0 Å². The standard InChI is InChI=1S/C17H21N3S/c1-12-9-13(11-17(2,3)10-12)18-19-16-20(4)14-7-5-6-8-15(14)21-16/h5-9H,10-11H2,1-4H3/b18-13-,19-16-. The van der Waals surface area contributed by atoms with Gasteiger partial charge in [0.25, 0.3) is 0 Å². The molecule has 3 nitrogen and oxygen atoms in total. The molecule has 1 heterocycles. The monoisotopic (exact) mass is 299 g/mol. The lowest BCUT2D eigenvalue weighted by Crippen LogP contribution is -2.21. The van der Waals surface area contributed by atoms with E-state index in [2.05, 4.69) is 65.9 Å². The summed E-state index contributed by atoms with van der Waals surface area (Å²) in [6, 6.07) is 8.36. The Balaban J connectivity index is 2.03. The summed E-state index contributed by atoms with van der Waals surface area (Å²) in [4.78, 5) is 0.943. The van der Waals surface area contributed by atoms with Crippen LogP contribution in [0.2, 0.25) is 0 Å². The average Bonchev–Trinajstić information content (AvgIpc) is 2.72. The highest BCUT2D eigenvalue weighted by Gasteiger charge is 2.24. The predicted molar refractivity (Wildman–Crippen MR) is 90.6 cm³/mol. The Hall–Kier alpha value is -1.68. The first-order valence-electron chi connectivity index (χ1n) is 7.27. The van der Waals surface area contributed by atoms with E-state index in [-0.39, 0.29) is 5.41 Å². The van der Waals surface area contributed by atoms with E-state index in [9.17, 15) is 0 Å². The molecule has 0 saturated heterocycles. The van der Waals surface area contributed by atoms with E-state index in [1.165, 1.54) is 15.8 Å². The number of allylic oxidation sites excluding steroid dienone is 2. The second-order valence-corrected chi connectivity index (χ2v) is 7.62. The quantitative estimate of drug-likeness (QED) is 0.704. The minimum Gasteiger partial charge on any atom is -0.318 e. The van der Waals surface area contributed by atoms with Gasteiger partial charge in [-0.2, -0.15) is 5.10 Å². The van der Waals surface area contributed by atoms with Crippen LogP contribution < -0.4 is 4.80 Å². The molecule has 0 atom stereocenters. The summed E-state index contributed by atoms with van der Waals surface area (Å²) in [5.74, 6) is 0. The molecular weight excluding hydrogens is 278 g/mol. The van der Waals surface area contributed by atoms with E-state index in [1.807, 2.05) is 7.05 Å². The lowest BCUT2D eigenvalue weighted by molar-refractivity contribution is 0.373. The van der Waals surface area contributed by atoms with Gasteiger partial charge in [0, 0.05) is 7.05 Å². The van der Waals surface area contributed by atoms with E-state index in [1.54, 1.807) is 11.3 Å². The summed E-state index contributed by atoms with van der Waals surface area (Å²) < 4.78 is 3.35. The third kappa shape index (κ3) is 3.00. The Morgan fingerprint density at radius 2 is 1.90 bits per heavy atom. The SMILES string of the molecule is CC1=C/C(=N/N=c2\sc3ccccc3n2C)CC(C)(C)C1. The Bertz CT molecular complexity index is 803. The zero-order valence-electron chi connectivity index (χ0n) is 13.1. The Labute approximate surface area is 129 Å². The minimum atomic E-state index is 0.287. The third-order valence-electron chi connectivity index (χ3n) is 3.81. The van der Waals surface area contributed by atoms with Gasteiger partial charge >= 0.3 is 0 Å². The van der Waals surface area contributed by atoms with Crippen molar-refractivity contribution < 1.29 is 0 Å². The molecule has 1 aromatic carbocycles. The lowest BCUT2D eigenvalue weighted by Gasteiger charge is -2.28. The first kappa shape index (κ1) is 14.3. The van der Waals surface area contributed by atoms with Crippen LogP contribution in [0.3, 0.4) is 0 Å². The number of hydrogen-bond donors (Lipinski definition) is 0. The molecule has 0 bridgehead atoms. The molecule has 1 aliphatic rings. The summed E-state index contributed by atoms with van der Waals surface area (Å²) in [5, 5.41) is 9.00. The normalized spacial score (nSPS) is 21.0. The molecule has 4 heteroatoms. The van der Waals surface area contributed by atoms with Crippen molar-refractivity contribution in [2.24, 2.45) is 22.7 Å². The van der Waals surface area contributed by atoms with Crippen molar-refractivity contribution >= 4 is 27.3 Å². The summed E-state index contributed by atoms with van der Waals surface area (Å²) in [7, 11) is 2.05. The number of thiazole rings is 1. The summed E-state index contributed by atoms with van der Waals surface area (Å²) >= 11 is 1.68. The molecule has 1 aliphatic carbocycles. The summed E-state index contributed by atoms with van der Waals surface area (Å²) in [6.45, 7) is 6.76. The second-order valence-electron chi connectivity index (χ2n) is 6.61. The molecule has 0 fully saturated rings. The number of hydrogen-bond acceptors (Lipinski definition) is 3. The molecule has 3 rings (SSSR count). The third-order valence-corrected chi connectivity index (χ3v) is 4.91. The number of para-hydroxylation sites is 1. The topological polar surface area (TPSA) is 29.6 Å². The number of rotatable bonds is 1.